The molecule has 7 N–H and O–H groups in total. The number of hydrogen-bond acceptors (Lipinski definition) is 13. The fourth-order valence-corrected chi connectivity index (χ4v) is 7.32. The minimum absolute atomic E-state index is 0.0249. The van der Waals surface area contributed by atoms with E-state index in [1.807, 2.05) is 29.0 Å². The largest absolute Gasteiger partial charge is 0.492 e. The Morgan fingerprint density at radius 2 is 1.26 bits per heavy atom. The smallest absolute Gasteiger partial charge is 0.471 e. The van der Waals surface area contributed by atoms with E-state index in [9.17, 15) is 32.8 Å². The first-order valence-corrected chi connectivity index (χ1v) is 20.4. The molecule has 0 atom stereocenters. The van der Waals surface area contributed by atoms with Crippen LogP contribution >= 0.6 is 0 Å². The molecule has 2 aliphatic rings. The Balaban J connectivity index is 0.000000198. The number of nitriles is 1. The topological polar surface area (TPSA) is 215 Å². The second-order valence-electron chi connectivity index (χ2n) is 15.2. The monoisotopic (exact) mass is 901 g/mol. The lowest BCUT2D eigenvalue weighted by Crippen LogP contribution is -2.31. The van der Waals surface area contributed by atoms with Crippen LogP contribution in [-0.4, -0.2) is 71.6 Å². The minimum atomic E-state index is -5.35. The summed E-state index contributed by atoms with van der Waals surface area (Å²) < 4.78 is 84.5. The number of nitrogens with two attached hydrogens (primary N) is 1. The molecule has 2 saturated carbocycles. The third-order valence-corrected chi connectivity index (χ3v) is 10.6. The molecule has 65 heavy (non-hydrogen) atoms. The molecule has 0 bridgehead atoms. The number of pyridine rings is 4. The van der Waals surface area contributed by atoms with Gasteiger partial charge in [-0.15, -0.1) is 0 Å². The highest BCUT2D eigenvalue weighted by atomic mass is 19.4. The van der Waals surface area contributed by atoms with Crippen LogP contribution in [0.1, 0.15) is 48.9 Å². The number of fused-ring (bicyclic) bond motifs is 2. The molecular formula is C44H44F5N11O5. The minimum Gasteiger partial charge on any atom is -0.492 e. The van der Waals surface area contributed by atoms with E-state index in [0.717, 1.165) is 18.7 Å². The molecule has 2 fully saturated rings. The number of aryl methyl sites for hydroxylation is 1. The number of carbonyl (C=O) groups is 1. The zero-order valence-corrected chi connectivity index (χ0v) is 35.3. The lowest BCUT2D eigenvalue weighted by molar-refractivity contribution is -0.167. The van der Waals surface area contributed by atoms with E-state index in [1.54, 1.807) is 43.6 Å². The predicted molar refractivity (Wildman–Crippen MR) is 237 cm³/mol. The summed E-state index contributed by atoms with van der Waals surface area (Å²) in [5, 5.41) is 22.5. The normalized spacial score (nSPS) is 13.3. The Labute approximate surface area is 367 Å². The van der Waals surface area contributed by atoms with Gasteiger partial charge in [0.25, 0.3) is 0 Å². The molecule has 4 aromatic heterocycles. The second kappa shape index (κ2) is 19.0. The van der Waals surface area contributed by atoms with Crippen LogP contribution in [0.4, 0.5) is 56.3 Å². The molecule has 21 heteroatoms. The zero-order valence-electron chi connectivity index (χ0n) is 35.3. The van der Waals surface area contributed by atoms with Crippen LogP contribution in [0.25, 0.3) is 21.8 Å². The van der Waals surface area contributed by atoms with Crippen molar-refractivity contribution in [3.63, 3.8) is 0 Å². The van der Waals surface area contributed by atoms with Crippen LogP contribution in [0, 0.1) is 29.9 Å². The molecule has 2 aromatic carbocycles. The summed E-state index contributed by atoms with van der Waals surface area (Å²) in [5.41, 5.74) is 4.14. The number of amides is 1. The Morgan fingerprint density at radius 3 is 1.72 bits per heavy atom. The molecule has 6 aromatic rings. The van der Waals surface area contributed by atoms with Gasteiger partial charge in [-0.1, -0.05) is 12.1 Å². The molecule has 0 spiro atoms. The van der Waals surface area contributed by atoms with Gasteiger partial charge in [0.15, 0.2) is 28.6 Å². The zero-order chi connectivity index (χ0) is 46.6. The number of nitrogen functional groups attached to an aromatic ring is 1. The number of methoxy groups -OCH3 is 2. The van der Waals surface area contributed by atoms with Gasteiger partial charge in [0.1, 0.15) is 34.6 Å². The second-order valence-corrected chi connectivity index (χ2v) is 15.2. The molecule has 340 valence electrons. The number of ether oxygens (including phenoxy) is 2. The predicted octanol–water partition coefficient (Wildman–Crippen LogP) is 7.07. The Morgan fingerprint density at radius 1 is 0.769 bits per heavy atom. The maximum absolute atomic E-state index is 15.7. The average Bonchev–Trinajstić information content (AvgIpc) is 4.24. The first-order chi connectivity index (χ1) is 31.2. The number of halogens is 5. The van der Waals surface area contributed by atoms with E-state index in [2.05, 4.69) is 31.2 Å². The van der Waals surface area contributed by atoms with Crippen molar-refractivity contribution in [2.24, 2.45) is 0 Å². The maximum atomic E-state index is 15.7. The first kappa shape index (κ1) is 45.4. The number of anilines is 6. The third kappa shape index (κ3) is 9.51. The number of nitrogens with one attached hydrogen (secondary N) is 5. The first-order valence-electron chi connectivity index (χ1n) is 20.4. The number of benzene rings is 2. The van der Waals surface area contributed by atoms with Crippen molar-refractivity contribution in [3.05, 3.63) is 104 Å². The number of hydrogen-bond donors (Lipinski definition) is 6. The summed E-state index contributed by atoms with van der Waals surface area (Å²) in [6.07, 6.45) is 4.37. The lowest BCUT2D eigenvalue weighted by atomic mass is 10.1. The fourth-order valence-electron chi connectivity index (χ4n) is 7.32. The van der Waals surface area contributed by atoms with Crippen molar-refractivity contribution in [3.8, 4) is 17.6 Å². The van der Waals surface area contributed by atoms with Gasteiger partial charge in [0.2, 0.25) is 5.43 Å². The van der Waals surface area contributed by atoms with Gasteiger partial charge < -0.3 is 50.9 Å². The molecule has 0 unspecified atom stereocenters. The highest BCUT2D eigenvalue weighted by molar-refractivity contribution is 6.08. The van der Waals surface area contributed by atoms with Gasteiger partial charge in [0, 0.05) is 68.6 Å². The summed E-state index contributed by atoms with van der Waals surface area (Å²) in [4.78, 5) is 45.8. The van der Waals surface area contributed by atoms with E-state index in [4.69, 9.17) is 15.2 Å². The lowest BCUT2D eigenvalue weighted by Gasteiger charge is -2.22. The van der Waals surface area contributed by atoms with Crippen molar-refractivity contribution in [1.82, 2.24) is 19.1 Å². The van der Waals surface area contributed by atoms with Gasteiger partial charge in [-0.2, -0.15) is 18.4 Å². The molecule has 0 aliphatic heterocycles. The Hall–Kier alpha value is -7.63. The van der Waals surface area contributed by atoms with E-state index < -0.39 is 45.8 Å². The van der Waals surface area contributed by atoms with Crippen molar-refractivity contribution in [1.29, 1.82) is 5.26 Å². The summed E-state index contributed by atoms with van der Waals surface area (Å²) >= 11 is 0. The molecule has 2 aliphatic carbocycles. The van der Waals surface area contributed by atoms with Gasteiger partial charge in [-0.05, 0) is 56.9 Å². The molecule has 4 heterocycles. The fraction of sp³-hybridized carbons (Fsp3) is 0.318. The molecular weight excluding hydrogens is 858 g/mol. The van der Waals surface area contributed by atoms with Crippen molar-refractivity contribution < 1.29 is 36.2 Å². The highest BCUT2D eigenvalue weighted by Crippen LogP contribution is 2.47. The van der Waals surface area contributed by atoms with E-state index >= 15 is 8.78 Å². The number of nitrogens with zero attached hydrogens (tertiary/aromatic N) is 5. The maximum Gasteiger partial charge on any atom is 0.471 e. The summed E-state index contributed by atoms with van der Waals surface area (Å²) in [5.74, 6) is -3.02. The molecule has 16 nitrogen and oxygen atoms in total. The van der Waals surface area contributed by atoms with Crippen molar-refractivity contribution in [2.45, 2.75) is 50.9 Å². The van der Waals surface area contributed by atoms with Gasteiger partial charge in [-0.25, -0.2) is 18.7 Å². The Kier molecular flexibility index (Phi) is 13.3. The van der Waals surface area contributed by atoms with Crippen molar-refractivity contribution in [2.75, 3.05) is 72.7 Å². The third-order valence-electron chi connectivity index (χ3n) is 10.6. The van der Waals surface area contributed by atoms with Crippen LogP contribution < -0.4 is 52.6 Å². The number of aromatic nitrogens is 4. The Bertz CT molecular complexity index is 2920. The SMILES string of the molecule is COc1c(NCCNc2ccccn2)c(F)c(N)c2c(=O)c(C)cn(C3CC3)c12.COc1c(NCCNc2ccccn2)c(F)c(NC(=O)C(F)(F)F)c2c(=O)c(C#N)cn(C3CC3)c12. The molecule has 8 rings (SSSR count). The molecule has 0 saturated heterocycles. The molecule has 0 radical (unpaired) electrons. The van der Waals surface area contributed by atoms with Crippen molar-refractivity contribution >= 4 is 62.1 Å². The summed E-state index contributed by atoms with van der Waals surface area (Å²) in [6, 6.07) is 12.6. The number of alkyl halides is 3. The van der Waals surface area contributed by atoms with Gasteiger partial charge in [-0.3, -0.25) is 14.4 Å². The van der Waals surface area contributed by atoms with Crippen LogP contribution in [-0.2, 0) is 4.79 Å². The van der Waals surface area contributed by atoms with Crippen LogP contribution in [0.3, 0.4) is 0 Å². The standard InChI is InChI=1S/C23H20F4N6O3.C21H24FN5O2/c1-36-21-18(31-9-8-30-14-4-2-3-7-29-14)16(24)17(32-22(35)23(25,26)27)15-19(21)33(13-5-6-13)11-12(10-28)20(15)34;1-12-11-27(13-6-7-13)19-15(20(12)28)17(23)16(22)18(21(19)29-2)26-10-9-25-14-5-3-4-8-24-14/h2-4,7,11,13,31H,5-6,8-9H2,1H3,(H,29,30)(H,32,35);3-5,8,11,13,26H,6-7,9-10,23H2,1-2H3,(H,24,25). The van der Waals surface area contributed by atoms with E-state index in [-0.39, 0.29) is 64.3 Å². The number of carbonyl (C=O) groups excluding carboxylic acids is 1. The molecule has 1 amide bonds. The van der Waals surface area contributed by atoms with Gasteiger partial charge >= 0.3 is 12.1 Å². The van der Waals surface area contributed by atoms with E-state index in [0.29, 0.717) is 48.6 Å². The number of rotatable bonds is 15. The summed E-state index contributed by atoms with van der Waals surface area (Å²) in [6.45, 7) is 2.96. The van der Waals surface area contributed by atoms with E-state index in [1.165, 1.54) is 30.3 Å². The van der Waals surface area contributed by atoms with Crippen LogP contribution in [0.15, 0.2) is 70.8 Å². The van der Waals surface area contributed by atoms with Crippen LogP contribution in [0.2, 0.25) is 0 Å². The summed E-state index contributed by atoms with van der Waals surface area (Å²) in [7, 11) is 2.70. The quantitative estimate of drug-likeness (QED) is 0.0346. The van der Waals surface area contributed by atoms with Crippen LogP contribution in [0.5, 0.6) is 11.5 Å². The van der Waals surface area contributed by atoms with Gasteiger partial charge in [0.05, 0.1) is 47.4 Å². The highest BCUT2D eigenvalue weighted by Gasteiger charge is 2.41. The average molecular weight is 902 g/mol.